The average Bonchev–Trinajstić information content (AvgIpc) is 2.10. The van der Waals surface area contributed by atoms with Crippen LogP contribution in [0.1, 0.15) is 6.92 Å². The quantitative estimate of drug-likeness (QED) is 0.683. The van der Waals surface area contributed by atoms with Crippen LogP contribution in [-0.2, 0) is 4.79 Å². The molecule has 1 atom stereocenters. The van der Waals surface area contributed by atoms with Gasteiger partial charge in [-0.05, 0) is 6.08 Å². The molecule has 1 aliphatic rings. The molecule has 0 aromatic rings. The minimum atomic E-state index is -0.334. The molecule has 0 fully saturated rings. The van der Waals surface area contributed by atoms with E-state index in [9.17, 15) is 4.79 Å². The van der Waals surface area contributed by atoms with Gasteiger partial charge in [0, 0.05) is 12.0 Å². The summed E-state index contributed by atoms with van der Waals surface area (Å²) in [5.74, 6) is -0.233. The van der Waals surface area contributed by atoms with Crippen LogP contribution >= 0.6 is 12.4 Å². The highest BCUT2D eigenvalue weighted by atomic mass is 35.5. The summed E-state index contributed by atoms with van der Waals surface area (Å²) >= 11 is 0. The lowest BCUT2D eigenvalue weighted by atomic mass is 9.83. The number of carbonyl (C=O) groups is 1. The van der Waals surface area contributed by atoms with Crippen LogP contribution < -0.4 is 5.73 Å². The van der Waals surface area contributed by atoms with E-state index >= 15 is 0 Å². The maximum absolute atomic E-state index is 11.0. The van der Waals surface area contributed by atoms with E-state index in [-0.39, 0.29) is 29.2 Å². The van der Waals surface area contributed by atoms with Crippen LogP contribution in [0.5, 0.6) is 0 Å². The van der Waals surface area contributed by atoms with Crippen molar-refractivity contribution in [2.24, 2.45) is 11.1 Å². The fourth-order valence-electron chi connectivity index (χ4n) is 1.02. The van der Waals surface area contributed by atoms with E-state index in [4.69, 9.17) is 11.0 Å². The molecule has 0 spiro atoms. The number of hydrogen-bond donors (Lipinski definition) is 1. The van der Waals surface area contributed by atoms with Gasteiger partial charge in [-0.1, -0.05) is 19.1 Å². The third-order valence-corrected chi connectivity index (χ3v) is 1.92. The van der Waals surface area contributed by atoms with E-state index in [1.165, 1.54) is 6.08 Å². The largest absolute Gasteiger partial charge is 0.329 e. The van der Waals surface area contributed by atoms with Gasteiger partial charge < -0.3 is 5.73 Å². The zero-order chi connectivity index (χ0) is 9.19. The molecule has 0 aromatic heterocycles. The van der Waals surface area contributed by atoms with Crippen LogP contribution in [0.3, 0.4) is 0 Å². The Morgan fingerprint density at radius 1 is 1.69 bits per heavy atom. The molecule has 0 bridgehead atoms. The van der Waals surface area contributed by atoms with Gasteiger partial charge in [-0.15, -0.1) is 12.4 Å². The summed E-state index contributed by atoms with van der Waals surface area (Å²) in [5.41, 5.74) is 5.33. The number of nitrogens with two attached hydrogens (primary N) is 1. The Labute approximate surface area is 83.3 Å². The Morgan fingerprint density at radius 2 is 2.31 bits per heavy atom. The predicted octanol–water partition coefficient (Wildman–Crippen LogP) is 0.962. The van der Waals surface area contributed by atoms with Crippen LogP contribution in [0, 0.1) is 16.7 Å². The highest BCUT2D eigenvalue weighted by molar-refractivity contribution is 6.08. The standard InChI is InChI=1S/C9H10N2O.ClH/c1-9(6-11)3-2-8(12)7(4-9)5-10;/h2-4H,6,11H2,1H3;1H. The van der Waals surface area contributed by atoms with Crippen LogP contribution in [0.2, 0.25) is 0 Å². The minimum Gasteiger partial charge on any atom is -0.329 e. The number of halogens is 1. The van der Waals surface area contributed by atoms with Gasteiger partial charge in [0.05, 0.1) is 5.57 Å². The van der Waals surface area contributed by atoms with E-state index in [0.29, 0.717) is 6.54 Å². The van der Waals surface area contributed by atoms with Crippen LogP contribution in [0.25, 0.3) is 0 Å². The van der Waals surface area contributed by atoms with Gasteiger partial charge in [0.15, 0.2) is 5.78 Å². The monoisotopic (exact) mass is 198 g/mol. The van der Waals surface area contributed by atoms with Crippen molar-refractivity contribution >= 4 is 18.2 Å². The first-order valence-corrected chi connectivity index (χ1v) is 3.68. The van der Waals surface area contributed by atoms with Crippen molar-refractivity contribution in [3.63, 3.8) is 0 Å². The second-order valence-corrected chi connectivity index (χ2v) is 3.08. The molecule has 13 heavy (non-hydrogen) atoms. The highest BCUT2D eigenvalue weighted by Crippen LogP contribution is 2.24. The molecule has 1 rings (SSSR count). The molecule has 0 aromatic carbocycles. The minimum absolute atomic E-state index is 0. The number of nitrogens with zero attached hydrogens (tertiary/aromatic N) is 1. The SMILES string of the molecule is CC1(CN)C=CC(=O)C(C#N)=C1.Cl. The van der Waals surface area contributed by atoms with Crippen molar-refractivity contribution in [3.8, 4) is 6.07 Å². The molecule has 0 saturated heterocycles. The van der Waals surface area contributed by atoms with Gasteiger partial charge in [0.2, 0.25) is 0 Å². The smallest absolute Gasteiger partial charge is 0.195 e. The van der Waals surface area contributed by atoms with Crippen molar-refractivity contribution in [1.82, 2.24) is 0 Å². The lowest BCUT2D eigenvalue weighted by molar-refractivity contribution is -0.111. The maximum atomic E-state index is 11.0. The third-order valence-electron chi connectivity index (χ3n) is 1.92. The summed E-state index contributed by atoms with van der Waals surface area (Å²) in [6.07, 6.45) is 4.76. The summed E-state index contributed by atoms with van der Waals surface area (Å²) in [7, 11) is 0. The topological polar surface area (TPSA) is 66.9 Å². The predicted molar refractivity (Wildman–Crippen MR) is 52.3 cm³/mol. The number of hydrogen-bond acceptors (Lipinski definition) is 3. The zero-order valence-corrected chi connectivity index (χ0v) is 8.10. The van der Waals surface area contributed by atoms with Crippen LogP contribution in [0.15, 0.2) is 23.8 Å². The molecule has 70 valence electrons. The highest BCUT2D eigenvalue weighted by Gasteiger charge is 2.23. The molecule has 4 heteroatoms. The van der Waals surface area contributed by atoms with E-state index in [0.717, 1.165) is 0 Å². The van der Waals surface area contributed by atoms with E-state index in [2.05, 4.69) is 0 Å². The number of rotatable bonds is 1. The summed E-state index contributed by atoms with van der Waals surface area (Å²) in [6, 6.07) is 1.85. The van der Waals surface area contributed by atoms with Gasteiger partial charge in [-0.3, -0.25) is 4.79 Å². The molecular weight excluding hydrogens is 188 g/mol. The van der Waals surface area contributed by atoms with Gasteiger partial charge in [0.25, 0.3) is 0 Å². The molecular formula is C9H11ClN2O. The second-order valence-electron chi connectivity index (χ2n) is 3.08. The molecule has 2 N–H and O–H groups in total. The molecule has 1 unspecified atom stereocenters. The first-order chi connectivity index (χ1) is 5.61. The lowest BCUT2D eigenvalue weighted by Gasteiger charge is -2.22. The number of nitriles is 1. The van der Waals surface area contributed by atoms with E-state index in [1.807, 2.05) is 13.0 Å². The average molecular weight is 199 g/mol. The third kappa shape index (κ3) is 2.41. The fourth-order valence-corrected chi connectivity index (χ4v) is 1.02. The summed E-state index contributed by atoms with van der Waals surface area (Å²) in [6.45, 7) is 2.29. The van der Waals surface area contributed by atoms with E-state index in [1.54, 1.807) is 12.2 Å². The van der Waals surface area contributed by atoms with Crippen LogP contribution in [-0.4, -0.2) is 12.3 Å². The van der Waals surface area contributed by atoms with E-state index < -0.39 is 0 Å². The summed E-state index contributed by atoms with van der Waals surface area (Å²) in [5, 5.41) is 8.58. The summed E-state index contributed by atoms with van der Waals surface area (Å²) in [4.78, 5) is 11.0. The molecule has 0 amide bonds. The Morgan fingerprint density at radius 3 is 2.77 bits per heavy atom. The number of allylic oxidation sites excluding steroid dienone is 2. The first kappa shape index (κ1) is 11.9. The Bertz CT molecular complexity index is 314. The fraction of sp³-hybridized carbons (Fsp3) is 0.333. The normalized spacial score (nSPS) is 25.9. The number of ketones is 1. The maximum Gasteiger partial charge on any atom is 0.195 e. The van der Waals surface area contributed by atoms with Gasteiger partial charge in [-0.2, -0.15) is 5.26 Å². The molecule has 1 aliphatic carbocycles. The van der Waals surface area contributed by atoms with Crippen molar-refractivity contribution in [2.45, 2.75) is 6.92 Å². The number of carbonyl (C=O) groups excluding carboxylic acids is 1. The summed E-state index contributed by atoms with van der Waals surface area (Å²) < 4.78 is 0. The van der Waals surface area contributed by atoms with Crippen molar-refractivity contribution in [3.05, 3.63) is 23.8 Å². The van der Waals surface area contributed by atoms with Gasteiger partial charge >= 0.3 is 0 Å². The lowest BCUT2D eigenvalue weighted by Crippen LogP contribution is -2.26. The molecule has 0 saturated carbocycles. The van der Waals surface area contributed by atoms with Crippen molar-refractivity contribution < 1.29 is 4.79 Å². The molecule has 0 radical (unpaired) electrons. The first-order valence-electron chi connectivity index (χ1n) is 3.68. The Hall–Kier alpha value is -1.11. The molecule has 0 aliphatic heterocycles. The molecule has 0 heterocycles. The van der Waals surface area contributed by atoms with Crippen LogP contribution in [0.4, 0.5) is 0 Å². The Kier molecular flexibility index (Phi) is 3.86. The van der Waals surface area contributed by atoms with Gasteiger partial charge in [-0.25, -0.2) is 0 Å². The zero-order valence-electron chi connectivity index (χ0n) is 7.28. The molecule has 3 nitrogen and oxygen atoms in total. The van der Waals surface area contributed by atoms with Crippen molar-refractivity contribution in [2.75, 3.05) is 6.54 Å². The Balaban J connectivity index is 0.00000144. The van der Waals surface area contributed by atoms with Gasteiger partial charge in [0.1, 0.15) is 6.07 Å². The second kappa shape index (κ2) is 4.22. The van der Waals surface area contributed by atoms with Crippen molar-refractivity contribution in [1.29, 1.82) is 5.26 Å².